The highest BCUT2D eigenvalue weighted by molar-refractivity contribution is 6.32. The number of para-hydroxylation sites is 2. The average Bonchev–Trinajstić information content (AvgIpc) is 3.10. The van der Waals surface area contributed by atoms with Gasteiger partial charge in [0.2, 0.25) is 5.91 Å². The number of imidazole rings is 1. The summed E-state index contributed by atoms with van der Waals surface area (Å²) in [6, 6.07) is 22.1. The van der Waals surface area contributed by atoms with Gasteiger partial charge in [-0.2, -0.15) is 0 Å². The summed E-state index contributed by atoms with van der Waals surface area (Å²) in [5.41, 5.74) is 3.43. The highest BCUT2D eigenvalue weighted by Gasteiger charge is 2.21. The number of aromatic nitrogens is 2. The van der Waals surface area contributed by atoms with Gasteiger partial charge >= 0.3 is 0 Å². The minimum atomic E-state index is -0.568. The maximum atomic E-state index is 13.2. The van der Waals surface area contributed by atoms with Crippen LogP contribution in [0.5, 0.6) is 5.75 Å². The van der Waals surface area contributed by atoms with Crippen LogP contribution in [0.4, 0.5) is 5.69 Å². The Balaban J connectivity index is 1.56. The molecule has 0 aliphatic carbocycles. The van der Waals surface area contributed by atoms with Gasteiger partial charge in [-0.25, -0.2) is 4.98 Å². The lowest BCUT2D eigenvalue weighted by atomic mass is 10.1. The molecule has 1 heterocycles. The monoisotopic (exact) mass is 434 g/mol. The molecule has 1 unspecified atom stereocenters. The van der Waals surface area contributed by atoms with Crippen molar-refractivity contribution in [3.8, 4) is 5.75 Å². The molecule has 158 valence electrons. The summed E-state index contributed by atoms with van der Waals surface area (Å²) in [5, 5.41) is 6.73. The first-order valence-corrected chi connectivity index (χ1v) is 10.3. The first-order valence-electron chi connectivity index (χ1n) is 9.90. The molecular weight excluding hydrogens is 412 g/mol. The molecule has 0 saturated heterocycles. The minimum Gasteiger partial charge on any atom is -0.495 e. The highest BCUT2D eigenvalue weighted by Crippen LogP contribution is 2.28. The number of amides is 1. The quantitative estimate of drug-likeness (QED) is 0.442. The van der Waals surface area contributed by atoms with E-state index in [1.807, 2.05) is 66.2 Å². The number of ether oxygens (including phenoxy) is 1. The van der Waals surface area contributed by atoms with E-state index in [1.54, 1.807) is 25.3 Å². The van der Waals surface area contributed by atoms with E-state index in [4.69, 9.17) is 16.3 Å². The summed E-state index contributed by atoms with van der Waals surface area (Å²) in [6.45, 7) is 0.432. The number of benzene rings is 3. The predicted molar refractivity (Wildman–Crippen MR) is 123 cm³/mol. The van der Waals surface area contributed by atoms with Gasteiger partial charge in [0.25, 0.3) is 0 Å². The molecule has 2 N–H and O–H groups in total. The van der Waals surface area contributed by atoms with Crippen LogP contribution in [0, 0.1) is 0 Å². The second-order valence-corrected chi connectivity index (χ2v) is 7.55. The van der Waals surface area contributed by atoms with Crippen molar-refractivity contribution in [2.75, 3.05) is 12.4 Å². The molecule has 1 aromatic heterocycles. The van der Waals surface area contributed by atoms with Crippen molar-refractivity contribution in [3.63, 3.8) is 0 Å². The van der Waals surface area contributed by atoms with Gasteiger partial charge in [-0.05, 0) is 35.9 Å². The number of hydrogen-bond donors (Lipinski definition) is 2. The van der Waals surface area contributed by atoms with E-state index >= 15 is 0 Å². The van der Waals surface area contributed by atoms with Crippen molar-refractivity contribution in [2.45, 2.75) is 12.6 Å². The molecule has 0 aliphatic rings. The Kier molecular flexibility index (Phi) is 6.21. The van der Waals surface area contributed by atoms with E-state index in [0.717, 1.165) is 22.4 Å². The van der Waals surface area contributed by atoms with Crippen LogP contribution >= 0.6 is 11.6 Å². The summed E-state index contributed by atoms with van der Waals surface area (Å²) in [4.78, 5) is 17.9. The molecule has 7 heteroatoms. The van der Waals surface area contributed by atoms with Crippen molar-refractivity contribution in [3.05, 3.63) is 89.2 Å². The maximum absolute atomic E-state index is 13.2. The number of carbonyl (C=O) groups is 1. The normalized spacial score (nSPS) is 12.0. The topological polar surface area (TPSA) is 68.2 Å². The minimum absolute atomic E-state index is 0.189. The Labute approximate surface area is 185 Å². The molecule has 4 rings (SSSR count). The van der Waals surface area contributed by atoms with Crippen LogP contribution in [0.1, 0.15) is 17.4 Å². The van der Waals surface area contributed by atoms with Gasteiger partial charge in [0, 0.05) is 12.7 Å². The van der Waals surface area contributed by atoms with Crippen LogP contribution in [0.25, 0.3) is 11.0 Å². The number of aryl methyl sites for hydroxylation is 1. The standard InChI is InChI=1S/C24H23ClN4O2/c1-29-20-11-7-6-10-19(20)28-22(29)15-26-23(16-8-4-3-5-9-16)24(30)27-17-12-13-21(31-2)18(25)14-17/h3-14,23,26H,15H2,1-2H3,(H,27,30). The molecule has 4 aromatic rings. The second-order valence-electron chi connectivity index (χ2n) is 7.14. The van der Waals surface area contributed by atoms with Crippen LogP contribution in [-0.4, -0.2) is 22.6 Å². The second kappa shape index (κ2) is 9.20. The van der Waals surface area contributed by atoms with Crippen molar-refractivity contribution >= 4 is 34.2 Å². The Bertz CT molecular complexity index is 1210. The summed E-state index contributed by atoms with van der Waals surface area (Å²) in [5.74, 6) is 1.22. The molecular formula is C24H23ClN4O2. The van der Waals surface area contributed by atoms with E-state index in [-0.39, 0.29) is 5.91 Å². The molecule has 0 radical (unpaired) electrons. The fourth-order valence-corrected chi connectivity index (χ4v) is 3.77. The van der Waals surface area contributed by atoms with Gasteiger partial charge in [0.1, 0.15) is 17.6 Å². The number of rotatable bonds is 7. The van der Waals surface area contributed by atoms with Gasteiger partial charge in [-0.3, -0.25) is 10.1 Å². The summed E-state index contributed by atoms with van der Waals surface area (Å²) >= 11 is 6.20. The number of nitrogens with zero attached hydrogens (tertiary/aromatic N) is 2. The molecule has 0 aliphatic heterocycles. The average molecular weight is 435 g/mol. The van der Waals surface area contributed by atoms with Gasteiger partial charge in [-0.1, -0.05) is 54.1 Å². The summed E-state index contributed by atoms with van der Waals surface area (Å²) in [6.07, 6.45) is 0. The fraction of sp³-hybridized carbons (Fsp3) is 0.167. The third-order valence-corrected chi connectivity index (χ3v) is 5.45. The maximum Gasteiger partial charge on any atom is 0.246 e. The number of fused-ring (bicyclic) bond motifs is 1. The number of nitrogens with one attached hydrogen (secondary N) is 2. The Morgan fingerprint density at radius 2 is 1.84 bits per heavy atom. The zero-order chi connectivity index (χ0) is 21.8. The Morgan fingerprint density at radius 1 is 1.10 bits per heavy atom. The van der Waals surface area contributed by atoms with E-state index in [0.29, 0.717) is 23.0 Å². The van der Waals surface area contributed by atoms with Gasteiger partial charge < -0.3 is 14.6 Å². The smallest absolute Gasteiger partial charge is 0.246 e. The predicted octanol–water partition coefficient (Wildman–Crippen LogP) is 4.70. The molecule has 0 saturated carbocycles. The third-order valence-electron chi connectivity index (χ3n) is 5.16. The molecule has 31 heavy (non-hydrogen) atoms. The summed E-state index contributed by atoms with van der Waals surface area (Å²) < 4.78 is 7.21. The van der Waals surface area contributed by atoms with Gasteiger partial charge in [-0.15, -0.1) is 0 Å². The SMILES string of the molecule is COc1ccc(NC(=O)C(NCc2nc3ccccc3n2C)c2ccccc2)cc1Cl. The molecule has 1 amide bonds. The zero-order valence-corrected chi connectivity index (χ0v) is 18.1. The molecule has 1 atom stereocenters. The largest absolute Gasteiger partial charge is 0.495 e. The number of hydrogen-bond acceptors (Lipinski definition) is 4. The zero-order valence-electron chi connectivity index (χ0n) is 17.3. The third kappa shape index (κ3) is 4.55. The lowest BCUT2D eigenvalue weighted by molar-refractivity contribution is -0.118. The first kappa shape index (κ1) is 20.9. The fourth-order valence-electron chi connectivity index (χ4n) is 3.51. The summed E-state index contributed by atoms with van der Waals surface area (Å²) in [7, 11) is 3.53. The lowest BCUT2D eigenvalue weighted by Gasteiger charge is -2.19. The number of anilines is 1. The van der Waals surface area contributed by atoms with E-state index in [9.17, 15) is 4.79 Å². The first-order chi connectivity index (χ1) is 15.1. The van der Waals surface area contributed by atoms with E-state index < -0.39 is 6.04 Å². The van der Waals surface area contributed by atoms with Crippen molar-refractivity contribution in [2.24, 2.45) is 7.05 Å². The number of carbonyl (C=O) groups excluding carboxylic acids is 1. The Hall–Kier alpha value is -3.35. The number of halogens is 1. The van der Waals surface area contributed by atoms with Crippen LogP contribution in [0.2, 0.25) is 5.02 Å². The van der Waals surface area contributed by atoms with Crippen LogP contribution in [0.15, 0.2) is 72.8 Å². The molecule has 0 bridgehead atoms. The van der Waals surface area contributed by atoms with Crippen molar-refractivity contribution in [1.29, 1.82) is 0 Å². The highest BCUT2D eigenvalue weighted by atomic mass is 35.5. The van der Waals surface area contributed by atoms with Crippen LogP contribution in [0.3, 0.4) is 0 Å². The van der Waals surface area contributed by atoms with Crippen molar-refractivity contribution in [1.82, 2.24) is 14.9 Å². The van der Waals surface area contributed by atoms with Gasteiger partial charge in [0.05, 0.1) is 29.7 Å². The molecule has 0 fully saturated rings. The molecule has 3 aromatic carbocycles. The molecule has 0 spiro atoms. The van der Waals surface area contributed by atoms with Gasteiger partial charge in [0.15, 0.2) is 0 Å². The van der Waals surface area contributed by atoms with E-state index in [2.05, 4.69) is 15.6 Å². The molecule has 6 nitrogen and oxygen atoms in total. The number of methoxy groups -OCH3 is 1. The Morgan fingerprint density at radius 3 is 2.55 bits per heavy atom. The lowest BCUT2D eigenvalue weighted by Crippen LogP contribution is -2.33. The van der Waals surface area contributed by atoms with Crippen molar-refractivity contribution < 1.29 is 9.53 Å². The van der Waals surface area contributed by atoms with Crippen LogP contribution in [-0.2, 0) is 18.4 Å². The van der Waals surface area contributed by atoms with E-state index in [1.165, 1.54) is 0 Å². The van der Waals surface area contributed by atoms with Crippen LogP contribution < -0.4 is 15.4 Å².